The Balaban J connectivity index is 1.97. The minimum absolute atomic E-state index is 0.713. The van der Waals surface area contributed by atoms with Gasteiger partial charge in [-0.05, 0) is 37.6 Å². The summed E-state index contributed by atoms with van der Waals surface area (Å²) >= 11 is 0. The molecule has 2 rings (SSSR count). The van der Waals surface area contributed by atoms with Crippen LogP contribution in [0.3, 0.4) is 0 Å². The topological polar surface area (TPSA) is 50.7 Å². The van der Waals surface area contributed by atoms with Crippen molar-refractivity contribution in [2.75, 3.05) is 5.32 Å². The Morgan fingerprint density at radius 1 is 1.00 bits per heavy atom. The molecule has 0 aliphatic heterocycles. The van der Waals surface area contributed by atoms with Crippen LogP contribution in [0.15, 0.2) is 30.5 Å². The summed E-state index contributed by atoms with van der Waals surface area (Å²) in [6.45, 7) is 4.61. The Labute approximate surface area is 94.8 Å². The van der Waals surface area contributed by atoms with E-state index < -0.39 is 0 Å². The van der Waals surface area contributed by atoms with Gasteiger partial charge in [-0.15, -0.1) is 5.10 Å². The molecule has 0 amide bonds. The zero-order valence-electron chi connectivity index (χ0n) is 9.44. The van der Waals surface area contributed by atoms with Gasteiger partial charge < -0.3 is 5.32 Å². The fourth-order valence-electron chi connectivity index (χ4n) is 1.29. The molecular formula is C12H14N4. The highest BCUT2D eigenvalue weighted by Gasteiger charge is 1.96. The summed E-state index contributed by atoms with van der Waals surface area (Å²) in [6, 6.07) is 7.90. The Kier molecular flexibility index (Phi) is 3.10. The summed E-state index contributed by atoms with van der Waals surface area (Å²) in [5.41, 5.74) is 3.08. The first-order chi connectivity index (χ1) is 7.74. The third-order valence-electron chi connectivity index (χ3n) is 2.24. The highest BCUT2D eigenvalue weighted by atomic mass is 15.2. The Hall–Kier alpha value is -1.97. The summed E-state index contributed by atoms with van der Waals surface area (Å²) in [5, 5.41) is 11.2. The number of hydrogen-bond acceptors (Lipinski definition) is 4. The SMILES string of the molecule is Cc1ccc(CNc2ccc(C)nn2)cn1. The standard InChI is InChI=1S/C12H14N4/c1-9-3-5-11(7-13-9)8-14-12-6-4-10(2)15-16-12/h3-7H,8H2,1-2H3,(H,14,16). The van der Waals surface area contributed by atoms with Crippen molar-refractivity contribution in [3.8, 4) is 0 Å². The van der Waals surface area contributed by atoms with Crippen molar-refractivity contribution in [3.63, 3.8) is 0 Å². The lowest BCUT2D eigenvalue weighted by Crippen LogP contribution is -2.03. The van der Waals surface area contributed by atoms with Crippen LogP contribution in [-0.2, 0) is 6.54 Å². The van der Waals surface area contributed by atoms with Gasteiger partial charge in [-0.3, -0.25) is 4.98 Å². The van der Waals surface area contributed by atoms with E-state index >= 15 is 0 Å². The zero-order chi connectivity index (χ0) is 11.4. The summed E-state index contributed by atoms with van der Waals surface area (Å²) in [5.74, 6) is 0.783. The third kappa shape index (κ3) is 2.76. The Morgan fingerprint density at radius 3 is 2.44 bits per heavy atom. The van der Waals surface area contributed by atoms with E-state index in [1.54, 1.807) is 0 Å². The second-order valence-corrected chi connectivity index (χ2v) is 3.72. The van der Waals surface area contributed by atoms with E-state index in [1.165, 1.54) is 0 Å². The van der Waals surface area contributed by atoms with Gasteiger partial charge in [-0.25, -0.2) is 0 Å². The molecule has 2 aromatic rings. The van der Waals surface area contributed by atoms with Crippen LogP contribution in [0.1, 0.15) is 17.0 Å². The van der Waals surface area contributed by atoms with Gasteiger partial charge in [0.1, 0.15) is 5.82 Å². The van der Waals surface area contributed by atoms with Crippen LogP contribution in [-0.4, -0.2) is 15.2 Å². The van der Waals surface area contributed by atoms with Crippen LogP contribution in [0.4, 0.5) is 5.82 Å². The van der Waals surface area contributed by atoms with Gasteiger partial charge in [0.2, 0.25) is 0 Å². The molecule has 1 N–H and O–H groups in total. The van der Waals surface area contributed by atoms with Crippen molar-refractivity contribution in [1.82, 2.24) is 15.2 Å². The van der Waals surface area contributed by atoms with Crippen molar-refractivity contribution in [3.05, 3.63) is 47.4 Å². The highest BCUT2D eigenvalue weighted by Crippen LogP contribution is 2.05. The number of rotatable bonds is 3. The number of pyridine rings is 1. The number of nitrogens with one attached hydrogen (secondary N) is 1. The average molecular weight is 214 g/mol. The lowest BCUT2D eigenvalue weighted by atomic mass is 10.2. The average Bonchev–Trinajstić information content (AvgIpc) is 2.30. The third-order valence-corrected chi connectivity index (χ3v) is 2.24. The van der Waals surface area contributed by atoms with E-state index in [1.807, 2.05) is 38.2 Å². The minimum atomic E-state index is 0.713. The second-order valence-electron chi connectivity index (χ2n) is 3.72. The molecule has 82 valence electrons. The van der Waals surface area contributed by atoms with Gasteiger partial charge >= 0.3 is 0 Å². The minimum Gasteiger partial charge on any atom is -0.364 e. The van der Waals surface area contributed by atoms with Crippen molar-refractivity contribution in [1.29, 1.82) is 0 Å². The van der Waals surface area contributed by atoms with Gasteiger partial charge in [-0.2, -0.15) is 5.10 Å². The van der Waals surface area contributed by atoms with Gasteiger partial charge in [0, 0.05) is 18.4 Å². The molecule has 2 aromatic heterocycles. The molecule has 0 saturated heterocycles. The van der Waals surface area contributed by atoms with E-state index in [0.717, 1.165) is 22.8 Å². The van der Waals surface area contributed by atoms with Crippen LogP contribution in [0, 0.1) is 13.8 Å². The monoisotopic (exact) mass is 214 g/mol. The first kappa shape index (κ1) is 10.5. The fraction of sp³-hybridized carbons (Fsp3) is 0.250. The number of aromatic nitrogens is 3. The van der Waals surface area contributed by atoms with E-state index in [4.69, 9.17) is 0 Å². The van der Waals surface area contributed by atoms with Crippen LogP contribution in [0.2, 0.25) is 0 Å². The molecule has 4 nitrogen and oxygen atoms in total. The molecule has 0 unspecified atom stereocenters. The van der Waals surface area contributed by atoms with E-state index in [2.05, 4.69) is 26.6 Å². The molecule has 0 aliphatic carbocycles. The van der Waals surface area contributed by atoms with Crippen LogP contribution in [0.25, 0.3) is 0 Å². The molecule has 0 aliphatic rings. The molecule has 0 atom stereocenters. The van der Waals surface area contributed by atoms with Crippen LogP contribution >= 0.6 is 0 Å². The summed E-state index contributed by atoms with van der Waals surface area (Å²) in [4.78, 5) is 4.23. The van der Waals surface area contributed by atoms with Crippen LogP contribution < -0.4 is 5.32 Å². The fourth-order valence-corrected chi connectivity index (χ4v) is 1.29. The van der Waals surface area contributed by atoms with Crippen molar-refractivity contribution >= 4 is 5.82 Å². The molecule has 0 saturated carbocycles. The molecule has 4 heteroatoms. The van der Waals surface area contributed by atoms with Gasteiger partial charge in [0.05, 0.1) is 5.69 Å². The lowest BCUT2D eigenvalue weighted by Gasteiger charge is -2.04. The van der Waals surface area contributed by atoms with Gasteiger partial charge in [0.15, 0.2) is 0 Å². The normalized spacial score (nSPS) is 10.1. The van der Waals surface area contributed by atoms with Crippen molar-refractivity contribution in [2.45, 2.75) is 20.4 Å². The largest absolute Gasteiger partial charge is 0.364 e. The molecular weight excluding hydrogens is 200 g/mol. The number of hydrogen-bond donors (Lipinski definition) is 1. The predicted molar refractivity (Wildman–Crippen MR) is 63.1 cm³/mol. The smallest absolute Gasteiger partial charge is 0.148 e. The summed E-state index contributed by atoms with van der Waals surface area (Å²) in [6.07, 6.45) is 1.87. The zero-order valence-corrected chi connectivity index (χ0v) is 9.44. The highest BCUT2D eigenvalue weighted by molar-refractivity contribution is 5.34. The van der Waals surface area contributed by atoms with Gasteiger partial charge in [0.25, 0.3) is 0 Å². The molecule has 0 aromatic carbocycles. The van der Waals surface area contributed by atoms with E-state index in [0.29, 0.717) is 6.54 Å². The molecule has 0 bridgehead atoms. The molecule has 0 spiro atoms. The van der Waals surface area contributed by atoms with Gasteiger partial charge in [-0.1, -0.05) is 6.07 Å². The Morgan fingerprint density at radius 2 is 1.81 bits per heavy atom. The summed E-state index contributed by atoms with van der Waals surface area (Å²) in [7, 11) is 0. The van der Waals surface area contributed by atoms with E-state index in [-0.39, 0.29) is 0 Å². The second kappa shape index (κ2) is 4.70. The van der Waals surface area contributed by atoms with Crippen molar-refractivity contribution < 1.29 is 0 Å². The molecule has 16 heavy (non-hydrogen) atoms. The molecule has 0 fully saturated rings. The summed E-state index contributed by atoms with van der Waals surface area (Å²) < 4.78 is 0. The van der Waals surface area contributed by atoms with Crippen molar-refractivity contribution in [2.24, 2.45) is 0 Å². The van der Waals surface area contributed by atoms with Crippen LogP contribution in [0.5, 0.6) is 0 Å². The predicted octanol–water partition coefficient (Wildman–Crippen LogP) is 2.10. The number of anilines is 1. The number of aryl methyl sites for hydroxylation is 2. The maximum Gasteiger partial charge on any atom is 0.148 e. The first-order valence-corrected chi connectivity index (χ1v) is 5.20. The number of nitrogens with zero attached hydrogens (tertiary/aromatic N) is 3. The lowest BCUT2D eigenvalue weighted by molar-refractivity contribution is 0.960. The first-order valence-electron chi connectivity index (χ1n) is 5.20. The van der Waals surface area contributed by atoms with E-state index in [9.17, 15) is 0 Å². The quantitative estimate of drug-likeness (QED) is 0.850. The maximum atomic E-state index is 4.23. The molecule has 0 radical (unpaired) electrons. The molecule has 2 heterocycles. The Bertz CT molecular complexity index is 402. The maximum absolute atomic E-state index is 4.23.